The van der Waals surface area contributed by atoms with Crippen molar-refractivity contribution < 1.29 is 22.7 Å². The number of ether oxygens (including phenoxy) is 1. The van der Waals surface area contributed by atoms with Gasteiger partial charge in [-0.3, -0.25) is 14.7 Å². The molecule has 2 fully saturated rings. The number of likely N-dealkylation sites (tertiary alicyclic amines) is 1. The van der Waals surface area contributed by atoms with Gasteiger partial charge in [0.15, 0.2) is 0 Å². The molecule has 0 bridgehead atoms. The maximum Gasteiger partial charge on any atom is 0.254 e. The van der Waals surface area contributed by atoms with E-state index in [0.717, 1.165) is 12.8 Å². The molecule has 2 aliphatic heterocycles. The number of methoxy groups -OCH3 is 1. The summed E-state index contributed by atoms with van der Waals surface area (Å²) in [5, 5.41) is 6.02. The Labute approximate surface area is 232 Å². The Bertz CT molecular complexity index is 1300. The minimum absolute atomic E-state index is 0.0441. The number of aryl methyl sites for hydroxylation is 1. The number of hydrogen-bond acceptors (Lipinski definition) is 6. The predicted octanol–water partition coefficient (Wildman–Crippen LogP) is 3.99. The average Bonchev–Trinajstić information content (AvgIpc) is 3.58. The van der Waals surface area contributed by atoms with Crippen molar-refractivity contribution in [1.82, 2.24) is 25.1 Å². The van der Waals surface area contributed by atoms with Crippen LogP contribution >= 0.6 is 0 Å². The molecule has 3 unspecified atom stereocenters. The first-order valence-electron chi connectivity index (χ1n) is 13.8. The number of piperidine rings is 1. The highest BCUT2D eigenvalue weighted by Gasteiger charge is 2.34. The Morgan fingerprint density at radius 2 is 2.00 bits per heavy atom. The molecule has 11 heteroatoms. The molecule has 0 radical (unpaired) electrons. The van der Waals surface area contributed by atoms with Crippen LogP contribution in [0.2, 0.25) is 0 Å². The number of aliphatic imine (C=N–C) groups is 1. The smallest absolute Gasteiger partial charge is 0.254 e. The van der Waals surface area contributed by atoms with Gasteiger partial charge in [-0.05, 0) is 63.8 Å². The fourth-order valence-electron chi connectivity index (χ4n) is 5.21. The first kappa shape index (κ1) is 28.4. The first-order chi connectivity index (χ1) is 19.0. The highest BCUT2D eigenvalue weighted by Crippen LogP contribution is 2.30. The lowest BCUT2D eigenvalue weighted by atomic mass is 9.98. The summed E-state index contributed by atoms with van der Waals surface area (Å²) in [6.45, 7) is 7.32. The number of carbonyl (C=O) groups excluding carboxylic acids is 1. The molecule has 1 amide bonds. The van der Waals surface area contributed by atoms with Crippen molar-refractivity contribution in [1.29, 1.82) is 0 Å². The van der Waals surface area contributed by atoms with Crippen LogP contribution in [0, 0.1) is 12.7 Å². The highest BCUT2D eigenvalue weighted by molar-refractivity contribution is 5.95. The zero-order chi connectivity index (χ0) is 28.6. The van der Waals surface area contributed by atoms with E-state index in [2.05, 4.69) is 25.5 Å². The molecule has 1 aromatic heterocycles. The standard InChI is InChI=1S/C29H37F3N6O2/c1-17-9-22(30)20(28(39)36-18-5-6-18)11-26(17)38-14-25(34-16-38)21-10-19(12-33-27(21)32)35-24-7-8-37(13-23(24)31)15-29(2,3)40-4/h9-12,14,16,18,21,23-24,27,35H,5-8,13,15H2,1-4H3,(H,36,39)/t21?,23?,24-,27?/m0/s1. The molecule has 2 N–H and O–H groups in total. The van der Waals surface area contributed by atoms with Crippen molar-refractivity contribution in [2.45, 2.75) is 76.1 Å². The number of rotatable bonds is 9. The van der Waals surface area contributed by atoms with Crippen LogP contribution in [0.1, 0.15) is 60.6 Å². The second-order valence-electron chi connectivity index (χ2n) is 11.6. The lowest BCUT2D eigenvalue weighted by molar-refractivity contribution is -0.0222. The summed E-state index contributed by atoms with van der Waals surface area (Å²) in [7, 11) is 1.65. The van der Waals surface area contributed by atoms with Gasteiger partial charge in [-0.2, -0.15) is 0 Å². The molecule has 1 saturated carbocycles. The normalized spacial score (nSPS) is 25.5. The third kappa shape index (κ3) is 6.41. The number of amides is 1. The molecule has 40 heavy (non-hydrogen) atoms. The van der Waals surface area contributed by atoms with Gasteiger partial charge in [-0.15, -0.1) is 0 Å². The third-order valence-corrected chi connectivity index (χ3v) is 7.81. The summed E-state index contributed by atoms with van der Waals surface area (Å²) in [5.41, 5.74) is 1.74. The number of aromatic nitrogens is 2. The summed E-state index contributed by atoms with van der Waals surface area (Å²) in [5.74, 6) is -1.83. The van der Waals surface area contributed by atoms with Crippen molar-refractivity contribution in [3.63, 3.8) is 0 Å². The number of alkyl halides is 2. The van der Waals surface area contributed by atoms with E-state index >= 15 is 4.39 Å². The van der Waals surface area contributed by atoms with Crippen LogP contribution in [0.15, 0.2) is 41.4 Å². The monoisotopic (exact) mass is 558 g/mol. The van der Waals surface area contributed by atoms with Gasteiger partial charge in [-0.1, -0.05) is 0 Å². The Hall–Kier alpha value is -3.18. The van der Waals surface area contributed by atoms with Crippen LogP contribution < -0.4 is 10.6 Å². The molecule has 216 valence electrons. The summed E-state index contributed by atoms with van der Waals surface area (Å²) >= 11 is 0. The molecule has 4 atom stereocenters. The minimum Gasteiger partial charge on any atom is -0.378 e. The molecule has 1 aliphatic carbocycles. The largest absolute Gasteiger partial charge is 0.378 e. The molecule has 0 spiro atoms. The minimum atomic E-state index is -1.55. The fraction of sp³-hybridized carbons (Fsp3) is 0.552. The number of dihydropyridines is 1. The van der Waals surface area contributed by atoms with Crippen LogP contribution in [0.5, 0.6) is 0 Å². The summed E-state index contributed by atoms with van der Waals surface area (Å²) in [4.78, 5) is 23.0. The summed E-state index contributed by atoms with van der Waals surface area (Å²) in [6, 6.07) is 2.49. The average molecular weight is 559 g/mol. The van der Waals surface area contributed by atoms with E-state index in [1.165, 1.54) is 24.7 Å². The van der Waals surface area contributed by atoms with Crippen LogP contribution in [0.3, 0.4) is 0 Å². The van der Waals surface area contributed by atoms with Gasteiger partial charge in [0.05, 0.1) is 40.8 Å². The molecular weight excluding hydrogens is 521 g/mol. The number of hydrogen-bond donors (Lipinski definition) is 2. The predicted molar refractivity (Wildman–Crippen MR) is 147 cm³/mol. The van der Waals surface area contributed by atoms with Gasteiger partial charge in [0.1, 0.15) is 12.0 Å². The van der Waals surface area contributed by atoms with E-state index in [1.807, 2.05) is 13.8 Å². The Balaban J connectivity index is 1.29. The quantitative estimate of drug-likeness (QED) is 0.455. The maximum absolute atomic E-state index is 15.1. The topological polar surface area (TPSA) is 83.8 Å². The molecule has 8 nitrogen and oxygen atoms in total. The summed E-state index contributed by atoms with van der Waals surface area (Å²) in [6.07, 6.45) is 5.98. The van der Waals surface area contributed by atoms with Gasteiger partial charge < -0.3 is 19.9 Å². The molecule has 5 rings (SSSR count). The van der Waals surface area contributed by atoms with Gasteiger partial charge in [0, 0.05) is 50.9 Å². The van der Waals surface area contributed by atoms with Crippen molar-refractivity contribution >= 4 is 12.1 Å². The second-order valence-corrected chi connectivity index (χ2v) is 11.6. The maximum atomic E-state index is 15.1. The molecule has 1 aromatic carbocycles. The number of carbonyl (C=O) groups is 1. The number of allylic oxidation sites excluding steroid dienone is 1. The van der Waals surface area contributed by atoms with Crippen LogP contribution in [-0.4, -0.2) is 83.5 Å². The molecule has 3 aliphatic rings. The van der Waals surface area contributed by atoms with E-state index in [1.54, 1.807) is 30.9 Å². The number of halogens is 3. The molecule has 3 heterocycles. The molecule has 1 saturated heterocycles. The fourth-order valence-corrected chi connectivity index (χ4v) is 5.21. The molecular formula is C29H37F3N6O2. The number of nitrogens with zero attached hydrogens (tertiary/aromatic N) is 4. The number of benzene rings is 1. The van der Waals surface area contributed by atoms with E-state index in [4.69, 9.17) is 4.74 Å². The lowest BCUT2D eigenvalue weighted by Crippen LogP contribution is -2.53. The van der Waals surface area contributed by atoms with Crippen LogP contribution in [0.25, 0.3) is 5.69 Å². The number of imidazole rings is 1. The van der Waals surface area contributed by atoms with Gasteiger partial charge in [0.2, 0.25) is 6.30 Å². The zero-order valence-electron chi connectivity index (χ0n) is 23.3. The van der Waals surface area contributed by atoms with E-state index < -0.39 is 36.2 Å². The Kier molecular flexibility index (Phi) is 8.05. The first-order valence-corrected chi connectivity index (χ1v) is 13.8. The third-order valence-electron chi connectivity index (χ3n) is 7.81. The van der Waals surface area contributed by atoms with Crippen molar-refractivity contribution in [3.05, 3.63) is 59.1 Å². The molecule has 2 aromatic rings. The number of nitrogens with one attached hydrogen (secondary N) is 2. The van der Waals surface area contributed by atoms with E-state index in [9.17, 15) is 13.6 Å². The van der Waals surface area contributed by atoms with Gasteiger partial charge in [-0.25, -0.2) is 18.2 Å². The Morgan fingerprint density at radius 1 is 1.23 bits per heavy atom. The lowest BCUT2D eigenvalue weighted by Gasteiger charge is -2.39. The van der Waals surface area contributed by atoms with E-state index in [0.29, 0.717) is 42.2 Å². The Morgan fingerprint density at radius 3 is 2.70 bits per heavy atom. The van der Waals surface area contributed by atoms with Crippen LogP contribution in [0.4, 0.5) is 13.2 Å². The SMILES string of the molecule is COC(C)(C)CN1CC[C@H](NC2=CC(c3cn(-c4cc(C(=O)NC5CC5)c(F)cc4C)cn3)C(F)N=C2)C(F)C1. The summed E-state index contributed by atoms with van der Waals surface area (Å²) < 4.78 is 51.7. The second kappa shape index (κ2) is 11.4. The zero-order valence-corrected chi connectivity index (χ0v) is 23.3. The highest BCUT2D eigenvalue weighted by atomic mass is 19.1. The van der Waals surface area contributed by atoms with Gasteiger partial charge >= 0.3 is 0 Å². The van der Waals surface area contributed by atoms with Crippen molar-refractivity contribution in [2.75, 3.05) is 26.7 Å². The van der Waals surface area contributed by atoms with E-state index in [-0.39, 0.29) is 23.8 Å². The van der Waals surface area contributed by atoms with Crippen LogP contribution in [-0.2, 0) is 4.74 Å². The van der Waals surface area contributed by atoms with Crippen molar-refractivity contribution in [3.8, 4) is 5.69 Å². The van der Waals surface area contributed by atoms with Crippen molar-refractivity contribution in [2.24, 2.45) is 4.99 Å². The van der Waals surface area contributed by atoms with Gasteiger partial charge in [0.25, 0.3) is 5.91 Å².